The number of rotatable bonds is 5. The molecule has 0 radical (unpaired) electrons. The number of carbonyl (C=O) groups is 1. The third-order valence-electron chi connectivity index (χ3n) is 6.98. The summed E-state index contributed by atoms with van der Waals surface area (Å²) < 4.78 is 29.1. The number of aryl methyl sites for hydroxylation is 1. The van der Waals surface area contributed by atoms with E-state index in [0.29, 0.717) is 19.0 Å². The second kappa shape index (κ2) is 10.4. The average Bonchev–Trinajstić information content (AvgIpc) is 3.26. The third-order valence-corrected chi connectivity index (χ3v) is 9.19. The predicted molar refractivity (Wildman–Crippen MR) is 139 cm³/mol. The van der Waals surface area contributed by atoms with Crippen LogP contribution in [0.5, 0.6) is 0 Å². The molecule has 2 aliphatic heterocycles. The Morgan fingerprint density at radius 3 is 2.56 bits per heavy atom. The monoisotopic (exact) mass is 565 g/mol. The maximum atomic E-state index is 12.9. The molecular formula is C25H29BrClN3O3S. The van der Waals surface area contributed by atoms with Gasteiger partial charge in [-0.05, 0) is 60.7 Å². The van der Waals surface area contributed by atoms with Gasteiger partial charge in [-0.3, -0.25) is 4.79 Å². The van der Waals surface area contributed by atoms with E-state index < -0.39 is 9.84 Å². The SMILES string of the molecule is Cl.O=C(CCS(=O)(=O)c1ccc2cc(Br)ccc2c1)N1CCC(c2cnc3n2CCCC3)CC1. The first-order valence-electron chi connectivity index (χ1n) is 11.6. The summed E-state index contributed by atoms with van der Waals surface area (Å²) in [6.07, 6.45) is 7.33. The molecule has 0 N–H and O–H groups in total. The lowest BCUT2D eigenvalue weighted by Crippen LogP contribution is -2.39. The van der Waals surface area contributed by atoms with Crippen LogP contribution in [-0.2, 0) is 27.6 Å². The summed E-state index contributed by atoms with van der Waals surface area (Å²) in [6, 6.07) is 10.9. The minimum atomic E-state index is -3.52. The third kappa shape index (κ3) is 5.19. The highest BCUT2D eigenvalue weighted by atomic mass is 79.9. The van der Waals surface area contributed by atoms with Crippen molar-refractivity contribution in [3.05, 3.63) is 58.6 Å². The topological polar surface area (TPSA) is 72.3 Å². The van der Waals surface area contributed by atoms with Gasteiger partial charge in [0.2, 0.25) is 5.91 Å². The van der Waals surface area contributed by atoms with Gasteiger partial charge >= 0.3 is 0 Å². The Bertz CT molecular complexity index is 1300. The zero-order chi connectivity index (χ0) is 23.0. The molecule has 0 saturated carbocycles. The first kappa shape index (κ1) is 25.2. The van der Waals surface area contributed by atoms with Gasteiger partial charge in [0.25, 0.3) is 0 Å². The molecule has 6 nitrogen and oxygen atoms in total. The number of nitrogens with zero attached hydrogens (tertiary/aromatic N) is 3. The van der Waals surface area contributed by atoms with Crippen molar-refractivity contribution in [2.24, 2.45) is 0 Å². The number of halogens is 2. The van der Waals surface area contributed by atoms with E-state index in [9.17, 15) is 13.2 Å². The largest absolute Gasteiger partial charge is 0.343 e. The van der Waals surface area contributed by atoms with Crippen LogP contribution in [0, 0.1) is 0 Å². The second-order valence-corrected chi connectivity index (χ2v) is 12.1. The zero-order valence-electron chi connectivity index (χ0n) is 19.0. The lowest BCUT2D eigenvalue weighted by molar-refractivity contribution is -0.131. The van der Waals surface area contributed by atoms with Gasteiger partial charge in [-0.25, -0.2) is 13.4 Å². The molecule has 0 spiro atoms. The minimum Gasteiger partial charge on any atom is -0.343 e. The normalized spacial score (nSPS) is 16.8. The van der Waals surface area contributed by atoms with Crippen molar-refractivity contribution < 1.29 is 13.2 Å². The summed E-state index contributed by atoms with van der Waals surface area (Å²) in [5.41, 5.74) is 1.31. The van der Waals surface area contributed by atoms with E-state index in [2.05, 4.69) is 25.5 Å². The lowest BCUT2D eigenvalue weighted by atomic mass is 9.93. The molecule has 1 saturated heterocycles. The molecule has 3 aromatic rings. The summed E-state index contributed by atoms with van der Waals surface area (Å²) in [7, 11) is -3.52. The van der Waals surface area contributed by atoms with E-state index in [0.717, 1.165) is 41.1 Å². The molecule has 0 bridgehead atoms. The summed E-state index contributed by atoms with van der Waals surface area (Å²) in [6.45, 7) is 2.40. The number of likely N-dealkylation sites (tertiary alicyclic amines) is 1. The maximum Gasteiger partial charge on any atom is 0.223 e. The molecule has 3 heterocycles. The van der Waals surface area contributed by atoms with Crippen LogP contribution in [0.15, 0.2) is 52.0 Å². The molecular weight excluding hydrogens is 538 g/mol. The highest BCUT2D eigenvalue weighted by Gasteiger charge is 2.28. The van der Waals surface area contributed by atoms with Crippen molar-refractivity contribution in [3.8, 4) is 0 Å². The van der Waals surface area contributed by atoms with Gasteiger partial charge in [0, 0.05) is 54.8 Å². The number of hydrogen-bond acceptors (Lipinski definition) is 4. The molecule has 0 atom stereocenters. The number of carbonyl (C=O) groups excluding carboxylic acids is 1. The smallest absolute Gasteiger partial charge is 0.223 e. The first-order chi connectivity index (χ1) is 15.9. The molecule has 1 amide bonds. The van der Waals surface area contributed by atoms with Crippen molar-refractivity contribution in [1.82, 2.24) is 14.5 Å². The number of piperidine rings is 1. The highest BCUT2D eigenvalue weighted by molar-refractivity contribution is 9.10. The van der Waals surface area contributed by atoms with Gasteiger partial charge in [-0.2, -0.15) is 0 Å². The molecule has 1 aromatic heterocycles. The van der Waals surface area contributed by atoms with Crippen molar-refractivity contribution in [2.45, 2.75) is 55.9 Å². The number of aromatic nitrogens is 2. The van der Waals surface area contributed by atoms with Crippen LogP contribution in [0.1, 0.15) is 49.5 Å². The van der Waals surface area contributed by atoms with Crippen LogP contribution in [0.25, 0.3) is 10.8 Å². The summed E-state index contributed by atoms with van der Waals surface area (Å²) in [5.74, 6) is 1.39. The van der Waals surface area contributed by atoms with Crippen molar-refractivity contribution in [2.75, 3.05) is 18.8 Å². The lowest BCUT2D eigenvalue weighted by Gasteiger charge is -2.33. The molecule has 0 aliphatic carbocycles. The second-order valence-electron chi connectivity index (χ2n) is 9.09. The van der Waals surface area contributed by atoms with Gasteiger partial charge in [-0.1, -0.05) is 28.1 Å². The number of benzene rings is 2. The first-order valence-corrected chi connectivity index (χ1v) is 14.1. The predicted octanol–water partition coefficient (Wildman–Crippen LogP) is 5.13. The molecule has 2 aromatic carbocycles. The van der Waals surface area contributed by atoms with Crippen LogP contribution in [0.3, 0.4) is 0 Å². The Kier molecular flexibility index (Phi) is 7.69. The minimum absolute atomic E-state index is 0. The number of fused-ring (bicyclic) bond motifs is 2. The van der Waals surface area contributed by atoms with E-state index in [4.69, 9.17) is 0 Å². The van der Waals surface area contributed by atoms with Crippen LogP contribution in [0.4, 0.5) is 0 Å². The maximum absolute atomic E-state index is 12.9. The van der Waals surface area contributed by atoms with Gasteiger partial charge < -0.3 is 9.47 Å². The summed E-state index contributed by atoms with van der Waals surface area (Å²) in [5, 5.41) is 1.84. The molecule has 9 heteroatoms. The fourth-order valence-electron chi connectivity index (χ4n) is 5.08. The molecule has 5 rings (SSSR count). The Labute approximate surface area is 215 Å². The fraction of sp³-hybridized carbons (Fsp3) is 0.440. The Balaban J connectivity index is 0.00000274. The van der Waals surface area contributed by atoms with E-state index in [1.807, 2.05) is 35.4 Å². The van der Waals surface area contributed by atoms with E-state index in [1.54, 1.807) is 12.1 Å². The number of imidazole rings is 1. The number of hydrogen-bond donors (Lipinski definition) is 0. The summed E-state index contributed by atoms with van der Waals surface area (Å²) in [4.78, 5) is 19.5. The van der Waals surface area contributed by atoms with Gasteiger partial charge in [-0.15, -0.1) is 12.4 Å². The van der Waals surface area contributed by atoms with Gasteiger partial charge in [0.1, 0.15) is 5.82 Å². The van der Waals surface area contributed by atoms with Gasteiger partial charge in [0.15, 0.2) is 9.84 Å². The van der Waals surface area contributed by atoms with Crippen molar-refractivity contribution >= 4 is 54.9 Å². The molecule has 2 aliphatic rings. The molecule has 0 unspecified atom stereocenters. The van der Waals surface area contributed by atoms with Crippen molar-refractivity contribution in [1.29, 1.82) is 0 Å². The summed E-state index contributed by atoms with van der Waals surface area (Å²) >= 11 is 3.44. The highest BCUT2D eigenvalue weighted by Crippen LogP contribution is 2.31. The number of sulfone groups is 1. The van der Waals surface area contributed by atoms with Crippen LogP contribution in [-0.4, -0.2) is 47.6 Å². The van der Waals surface area contributed by atoms with Crippen LogP contribution < -0.4 is 0 Å². The zero-order valence-corrected chi connectivity index (χ0v) is 22.2. The van der Waals surface area contributed by atoms with E-state index in [1.165, 1.54) is 24.4 Å². The van der Waals surface area contributed by atoms with E-state index in [-0.39, 0.29) is 35.4 Å². The molecule has 34 heavy (non-hydrogen) atoms. The molecule has 1 fully saturated rings. The van der Waals surface area contributed by atoms with Crippen LogP contribution >= 0.6 is 28.3 Å². The van der Waals surface area contributed by atoms with E-state index >= 15 is 0 Å². The van der Waals surface area contributed by atoms with Crippen LogP contribution in [0.2, 0.25) is 0 Å². The number of amides is 1. The average molecular weight is 567 g/mol. The Morgan fingerprint density at radius 1 is 1.03 bits per heavy atom. The Hall–Kier alpha value is -1.90. The van der Waals surface area contributed by atoms with Gasteiger partial charge in [0.05, 0.1) is 10.6 Å². The fourth-order valence-corrected chi connectivity index (χ4v) is 6.72. The standard InChI is InChI=1S/C25H28BrN3O3S.ClH/c26-21-6-4-20-16-22(7-5-19(20)15-21)33(31,32)14-10-25(30)28-12-8-18(9-13-28)23-17-27-24-3-1-2-11-29(23)24;/h4-7,15-18H,1-3,8-14H2;1H. The molecule has 182 valence electrons. The van der Waals surface area contributed by atoms with Crippen molar-refractivity contribution in [3.63, 3.8) is 0 Å². The Morgan fingerprint density at radius 2 is 1.76 bits per heavy atom. The quantitative estimate of drug-likeness (QED) is 0.429.